The second-order valence-electron chi connectivity index (χ2n) is 6.61. The van der Waals surface area contributed by atoms with Gasteiger partial charge in [0.05, 0.1) is 0 Å². The van der Waals surface area contributed by atoms with Crippen LogP contribution in [-0.4, -0.2) is 11.7 Å². The Balaban J connectivity index is 1.80. The first-order chi connectivity index (χ1) is 12.7. The fourth-order valence-corrected chi connectivity index (χ4v) is 3.23. The first kappa shape index (κ1) is 16.3. The lowest BCUT2D eigenvalue weighted by Gasteiger charge is -2.22. The van der Waals surface area contributed by atoms with Crippen molar-refractivity contribution in [3.05, 3.63) is 107 Å². The van der Waals surface area contributed by atoms with Gasteiger partial charge in [-0.1, -0.05) is 77.9 Å². The van der Waals surface area contributed by atoms with Crippen LogP contribution in [0.15, 0.2) is 88.8 Å². The van der Waals surface area contributed by atoms with Crippen molar-refractivity contribution in [1.29, 1.82) is 0 Å². The van der Waals surface area contributed by atoms with Gasteiger partial charge < -0.3 is 5.32 Å². The minimum atomic E-state index is -0.247. The highest BCUT2D eigenvalue weighted by molar-refractivity contribution is 6.15. The molecule has 1 atom stereocenters. The van der Waals surface area contributed by atoms with Crippen LogP contribution >= 0.6 is 0 Å². The fourth-order valence-electron chi connectivity index (χ4n) is 3.23. The molecule has 0 amide bonds. The summed E-state index contributed by atoms with van der Waals surface area (Å²) in [6.07, 6.45) is -0.247. The summed E-state index contributed by atoms with van der Waals surface area (Å²) in [6.45, 7) is 4.22. The lowest BCUT2D eigenvalue weighted by atomic mass is 10.1. The highest BCUT2D eigenvalue weighted by Crippen LogP contribution is 2.24. The molecule has 128 valence electrons. The maximum absolute atomic E-state index is 4.90. The van der Waals surface area contributed by atoms with Crippen molar-refractivity contribution in [2.45, 2.75) is 20.0 Å². The average Bonchev–Trinajstić information content (AvgIpc) is 2.68. The van der Waals surface area contributed by atoms with E-state index in [0.717, 1.165) is 28.4 Å². The molecule has 0 bridgehead atoms. The molecule has 3 aromatic carbocycles. The first-order valence-electron chi connectivity index (χ1n) is 8.81. The van der Waals surface area contributed by atoms with Crippen LogP contribution in [0.2, 0.25) is 0 Å². The quantitative estimate of drug-likeness (QED) is 0.731. The van der Waals surface area contributed by atoms with E-state index >= 15 is 0 Å². The van der Waals surface area contributed by atoms with Crippen molar-refractivity contribution in [2.24, 2.45) is 9.98 Å². The van der Waals surface area contributed by atoms with E-state index in [1.54, 1.807) is 0 Å². The summed E-state index contributed by atoms with van der Waals surface area (Å²) in [5, 5.41) is 3.44. The lowest BCUT2D eigenvalue weighted by molar-refractivity contribution is 0.756. The molecule has 0 aliphatic carbocycles. The Kier molecular flexibility index (Phi) is 4.36. The SMILES string of the molecule is Cc1cc(C)cc(C2=NC(c3ccccc3)N=C(c3ccccc3)N2)c1. The number of amidine groups is 2. The Bertz CT molecular complexity index is 953. The molecule has 0 saturated carbocycles. The summed E-state index contributed by atoms with van der Waals surface area (Å²) in [5.74, 6) is 1.71. The van der Waals surface area contributed by atoms with Crippen molar-refractivity contribution in [3.8, 4) is 0 Å². The van der Waals surface area contributed by atoms with Crippen molar-refractivity contribution in [2.75, 3.05) is 0 Å². The van der Waals surface area contributed by atoms with Crippen molar-refractivity contribution in [3.63, 3.8) is 0 Å². The van der Waals surface area contributed by atoms with E-state index in [4.69, 9.17) is 9.98 Å². The van der Waals surface area contributed by atoms with Gasteiger partial charge in [-0.3, -0.25) is 0 Å². The zero-order valence-electron chi connectivity index (χ0n) is 15.0. The molecule has 0 saturated heterocycles. The van der Waals surface area contributed by atoms with Crippen LogP contribution < -0.4 is 5.32 Å². The highest BCUT2D eigenvalue weighted by Gasteiger charge is 2.20. The summed E-state index contributed by atoms with van der Waals surface area (Å²) < 4.78 is 0. The molecular weight excluding hydrogens is 318 g/mol. The second kappa shape index (κ2) is 6.96. The number of aryl methyl sites for hydroxylation is 2. The molecule has 0 radical (unpaired) electrons. The topological polar surface area (TPSA) is 36.8 Å². The van der Waals surface area contributed by atoms with Crippen LogP contribution in [0.4, 0.5) is 0 Å². The predicted molar refractivity (Wildman–Crippen MR) is 108 cm³/mol. The molecule has 0 fully saturated rings. The number of rotatable bonds is 3. The Hall–Kier alpha value is -3.20. The van der Waals surface area contributed by atoms with Gasteiger partial charge in [0, 0.05) is 11.1 Å². The number of aliphatic imine (C=N–C) groups is 2. The van der Waals surface area contributed by atoms with Gasteiger partial charge >= 0.3 is 0 Å². The minimum Gasteiger partial charge on any atom is -0.324 e. The van der Waals surface area contributed by atoms with Crippen LogP contribution in [0.25, 0.3) is 0 Å². The standard InChI is InChI=1S/C23H21N3/c1-16-13-17(2)15-20(14-16)23-25-21(18-9-5-3-6-10-18)24-22(26-23)19-11-7-4-8-12-19/h3-15,21H,1-2H3,(H,24,25,26). The van der Waals surface area contributed by atoms with E-state index in [-0.39, 0.29) is 6.17 Å². The maximum atomic E-state index is 4.90. The molecule has 3 nitrogen and oxygen atoms in total. The van der Waals surface area contributed by atoms with Gasteiger partial charge in [0.1, 0.15) is 11.7 Å². The molecule has 1 unspecified atom stereocenters. The van der Waals surface area contributed by atoms with E-state index in [1.807, 2.05) is 36.4 Å². The van der Waals surface area contributed by atoms with Crippen LogP contribution in [0, 0.1) is 13.8 Å². The smallest absolute Gasteiger partial charge is 0.169 e. The maximum Gasteiger partial charge on any atom is 0.169 e. The largest absolute Gasteiger partial charge is 0.324 e. The third-order valence-electron chi connectivity index (χ3n) is 4.38. The molecule has 26 heavy (non-hydrogen) atoms. The van der Waals surface area contributed by atoms with Gasteiger partial charge in [0.15, 0.2) is 6.17 Å². The van der Waals surface area contributed by atoms with Gasteiger partial charge in [-0.2, -0.15) is 0 Å². The average molecular weight is 339 g/mol. The van der Waals surface area contributed by atoms with E-state index < -0.39 is 0 Å². The number of nitrogens with one attached hydrogen (secondary N) is 1. The Morgan fingerprint density at radius 2 is 1.19 bits per heavy atom. The number of hydrogen-bond acceptors (Lipinski definition) is 3. The monoisotopic (exact) mass is 339 g/mol. The Morgan fingerprint density at radius 1 is 0.654 bits per heavy atom. The van der Waals surface area contributed by atoms with Crippen molar-refractivity contribution < 1.29 is 0 Å². The number of benzene rings is 3. The molecule has 4 rings (SSSR count). The normalized spacial score (nSPS) is 16.5. The van der Waals surface area contributed by atoms with Crippen LogP contribution in [0.3, 0.4) is 0 Å². The fraction of sp³-hybridized carbons (Fsp3) is 0.130. The predicted octanol–water partition coefficient (Wildman–Crippen LogP) is 4.80. The summed E-state index contributed by atoms with van der Waals surface area (Å²) in [6, 6.07) is 26.9. The molecule has 1 aliphatic heterocycles. The molecule has 1 aliphatic rings. The molecule has 0 spiro atoms. The molecule has 0 aromatic heterocycles. The van der Waals surface area contributed by atoms with Crippen LogP contribution in [-0.2, 0) is 0 Å². The van der Waals surface area contributed by atoms with Crippen LogP contribution in [0.5, 0.6) is 0 Å². The number of nitrogens with zero attached hydrogens (tertiary/aromatic N) is 2. The third-order valence-corrected chi connectivity index (χ3v) is 4.38. The summed E-state index contributed by atoms with van der Waals surface area (Å²) in [5.41, 5.74) is 5.69. The molecule has 1 heterocycles. The molecule has 3 aromatic rings. The lowest BCUT2D eigenvalue weighted by Crippen LogP contribution is -2.36. The summed E-state index contributed by atoms with van der Waals surface area (Å²) >= 11 is 0. The third kappa shape index (κ3) is 3.42. The van der Waals surface area contributed by atoms with Crippen molar-refractivity contribution >= 4 is 11.7 Å². The Labute approximate surface area is 154 Å². The molecule has 1 N–H and O–H groups in total. The minimum absolute atomic E-state index is 0.247. The van der Waals surface area contributed by atoms with E-state index in [2.05, 4.69) is 61.6 Å². The van der Waals surface area contributed by atoms with E-state index in [1.165, 1.54) is 11.1 Å². The van der Waals surface area contributed by atoms with Gasteiger partial charge in [-0.05, 0) is 31.5 Å². The van der Waals surface area contributed by atoms with Crippen molar-refractivity contribution in [1.82, 2.24) is 5.32 Å². The first-order valence-corrected chi connectivity index (χ1v) is 8.81. The van der Waals surface area contributed by atoms with Gasteiger partial charge in [0.2, 0.25) is 0 Å². The molecular formula is C23H21N3. The van der Waals surface area contributed by atoms with Gasteiger partial charge in [-0.15, -0.1) is 0 Å². The second-order valence-corrected chi connectivity index (χ2v) is 6.61. The van der Waals surface area contributed by atoms with Gasteiger partial charge in [0.25, 0.3) is 0 Å². The summed E-state index contributed by atoms with van der Waals surface area (Å²) in [7, 11) is 0. The molecule has 3 heteroatoms. The zero-order chi connectivity index (χ0) is 17.9. The van der Waals surface area contributed by atoms with E-state index in [9.17, 15) is 0 Å². The number of hydrogen-bond donors (Lipinski definition) is 1. The summed E-state index contributed by atoms with van der Waals surface area (Å²) in [4.78, 5) is 9.76. The Morgan fingerprint density at radius 3 is 1.81 bits per heavy atom. The zero-order valence-corrected chi connectivity index (χ0v) is 15.0. The van der Waals surface area contributed by atoms with Crippen LogP contribution in [0.1, 0.15) is 34.0 Å². The highest BCUT2D eigenvalue weighted by atomic mass is 15.2. The van der Waals surface area contributed by atoms with E-state index in [0.29, 0.717) is 0 Å². The van der Waals surface area contributed by atoms with Gasteiger partial charge in [-0.25, -0.2) is 9.98 Å².